The number of carbonyl (C=O) groups excluding carboxylic acids is 1. The van der Waals surface area contributed by atoms with Crippen LogP contribution in [0.25, 0.3) is 0 Å². The zero-order chi connectivity index (χ0) is 10.0. The zero-order valence-electron chi connectivity index (χ0n) is 7.59. The number of esters is 1. The molecule has 0 aliphatic heterocycles. The minimum absolute atomic E-state index is 0.153. The van der Waals surface area contributed by atoms with Gasteiger partial charge in [-0.3, -0.25) is 0 Å². The predicted octanol–water partition coefficient (Wildman–Crippen LogP) is 1.03. The molecule has 0 spiro atoms. The molecule has 0 N–H and O–H groups in total. The molecule has 0 saturated carbocycles. The van der Waals surface area contributed by atoms with Gasteiger partial charge in [-0.15, -0.1) is 0 Å². The minimum atomic E-state index is -0.755. The highest BCUT2D eigenvalue weighted by atomic mass is 79.9. The highest BCUT2D eigenvalue weighted by molar-refractivity contribution is 9.10. The van der Waals surface area contributed by atoms with Crippen molar-refractivity contribution < 1.29 is 12.3 Å². The monoisotopic (exact) mass is 218 g/mol. The molecule has 0 aromatic carbocycles. The Morgan fingerprint density at radius 1 is 1.73 bits per heavy atom. The molecule has 0 aliphatic rings. The van der Waals surface area contributed by atoms with Crippen molar-refractivity contribution in [1.82, 2.24) is 9.97 Å². The second-order valence-electron chi connectivity index (χ2n) is 1.58. The van der Waals surface area contributed by atoms with Crippen LogP contribution < -0.4 is 0 Å². The van der Waals surface area contributed by atoms with Gasteiger partial charge >= 0.3 is 5.97 Å². The van der Waals surface area contributed by atoms with E-state index in [2.05, 4.69) is 30.6 Å². The van der Waals surface area contributed by atoms with Crippen molar-refractivity contribution in [2.45, 2.75) is 0 Å². The number of hydrogen-bond acceptors (Lipinski definition) is 4. The average Bonchev–Trinajstić information content (AvgIpc) is 2.12. The summed E-state index contributed by atoms with van der Waals surface area (Å²) in [5.41, 5.74) is 0. The summed E-state index contributed by atoms with van der Waals surface area (Å²) in [6.45, 7) is 0. The molecule has 0 aliphatic carbocycles. The lowest BCUT2D eigenvalue weighted by atomic mass is 10.6. The highest BCUT2D eigenvalue weighted by Crippen LogP contribution is 2.04. The lowest BCUT2D eigenvalue weighted by molar-refractivity contribution is 0.0586. The fourth-order valence-electron chi connectivity index (χ4n) is 0.437. The van der Waals surface area contributed by atoms with E-state index < -0.39 is 5.97 Å². The van der Waals surface area contributed by atoms with Crippen LogP contribution in [0.2, 0.25) is 0 Å². The summed E-state index contributed by atoms with van der Waals surface area (Å²) >= 11 is 2.93. The minimum Gasteiger partial charge on any atom is -0.463 e. The van der Waals surface area contributed by atoms with E-state index in [1.54, 1.807) is 0 Å². The Kier molecular flexibility index (Phi) is 1.76. The quantitative estimate of drug-likeness (QED) is 0.661. The van der Waals surface area contributed by atoms with Gasteiger partial charge in [0.25, 0.3) is 0 Å². The fourth-order valence-corrected chi connectivity index (χ4v) is 0.614. The maximum Gasteiger partial charge on any atom is 0.376 e. The van der Waals surface area contributed by atoms with Crippen molar-refractivity contribution in [2.75, 3.05) is 7.11 Å². The third-order valence-electron chi connectivity index (χ3n) is 0.888. The molecule has 0 fully saturated rings. The summed E-state index contributed by atoms with van der Waals surface area (Å²) in [4.78, 5) is 17.9. The molecule has 0 atom stereocenters. The lowest BCUT2D eigenvalue weighted by Gasteiger charge is -1.95. The first-order valence-electron chi connectivity index (χ1n) is 3.65. The van der Waals surface area contributed by atoms with Crippen LogP contribution in [-0.2, 0) is 4.74 Å². The molecule has 1 heterocycles. The summed E-state index contributed by atoms with van der Waals surface area (Å²) in [7, 11) is 1.18. The van der Waals surface area contributed by atoms with Crippen LogP contribution >= 0.6 is 15.9 Å². The van der Waals surface area contributed by atoms with Gasteiger partial charge in [-0.2, -0.15) is 0 Å². The first-order chi connectivity index (χ1) is 6.06. The van der Waals surface area contributed by atoms with E-state index in [4.69, 9.17) is 2.74 Å². The van der Waals surface area contributed by atoms with E-state index in [9.17, 15) is 4.79 Å². The molecule has 4 nitrogen and oxygen atoms in total. The standard InChI is InChI=1S/C6H5BrN2O2/c1-11-6(10)5-8-2-4(7)3-9-5/h2-3H,1H3/i2D,3D. The van der Waals surface area contributed by atoms with Gasteiger partial charge < -0.3 is 4.74 Å². The molecule has 11 heavy (non-hydrogen) atoms. The Balaban J connectivity index is 3.20. The number of halogens is 1. The summed E-state index contributed by atoms with van der Waals surface area (Å²) < 4.78 is 19.0. The second-order valence-corrected chi connectivity index (χ2v) is 2.37. The molecule has 0 bridgehead atoms. The van der Waals surface area contributed by atoms with Crippen LogP contribution in [0.3, 0.4) is 0 Å². The molecule has 1 aromatic rings. The van der Waals surface area contributed by atoms with Gasteiger partial charge in [-0.1, -0.05) is 0 Å². The molecule has 1 aromatic heterocycles. The fraction of sp³-hybridized carbons (Fsp3) is 0.167. The van der Waals surface area contributed by atoms with Crippen molar-refractivity contribution in [3.63, 3.8) is 0 Å². The van der Waals surface area contributed by atoms with Gasteiger partial charge in [0, 0.05) is 12.3 Å². The van der Waals surface area contributed by atoms with Gasteiger partial charge in [0.15, 0.2) is 0 Å². The van der Waals surface area contributed by atoms with Crippen molar-refractivity contribution in [3.05, 3.63) is 22.6 Å². The number of hydrogen-bond donors (Lipinski definition) is 0. The first-order valence-corrected chi connectivity index (χ1v) is 3.44. The van der Waals surface area contributed by atoms with Crippen LogP contribution in [-0.4, -0.2) is 23.0 Å². The second kappa shape index (κ2) is 3.43. The van der Waals surface area contributed by atoms with Gasteiger partial charge in [-0.25, -0.2) is 14.8 Å². The summed E-state index contributed by atoms with van der Waals surface area (Å²) in [6.07, 6.45) is -0.416. The van der Waals surface area contributed by atoms with Gasteiger partial charge in [-0.05, 0) is 15.9 Å². The summed E-state index contributed by atoms with van der Waals surface area (Å²) in [5.74, 6) is -1.03. The van der Waals surface area contributed by atoms with E-state index >= 15 is 0 Å². The predicted molar refractivity (Wildman–Crippen MR) is 41.1 cm³/mol. The molecular formula is C6H5BrN2O2. The molecule has 0 amide bonds. The third-order valence-corrected chi connectivity index (χ3v) is 1.24. The number of ether oxygens (including phenoxy) is 1. The number of methoxy groups -OCH3 is 1. The van der Waals surface area contributed by atoms with Crippen LogP contribution in [0, 0.1) is 0 Å². The maximum absolute atomic E-state index is 10.9. The van der Waals surface area contributed by atoms with Gasteiger partial charge in [0.2, 0.25) is 5.82 Å². The lowest BCUT2D eigenvalue weighted by Crippen LogP contribution is -2.06. The normalized spacial score (nSPS) is 11.8. The van der Waals surface area contributed by atoms with E-state index in [0.717, 1.165) is 0 Å². The Morgan fingerprint density at radius 3 is 2.73 bits per heavy atom. The molecule has 0 radical (unpaired) electrons. The van der Waals surface area contributed by atoms with Crippen LogP contribution in [0.1, 0.15) is 13.4 Å². The number of rotatable bonds is 1. The van der Waals surface area contributed by atoms with Crippen molar-refractivity contribution in [1.29, 1.82) is 0 Å². The van der Waals surface area contributed by atoms with Crippen molar-refractivity contribution in [2.24, 2.45) is 0 Å². The average molecular weight is 219 g/mol. The van der Waals surface area contributed by atoms with E-state index in [-0.39, 0.29) is 22.6 Å². The van der Waals surface area contributed by atoms with Crippen LogP contribution in [0.4, 0.5) is 0 Å². The summed E-state index contributed by atoms with van der Waals surface area (Å²) in [5, 5.41) is 0. The van der Waals surface area contributed by atoms with Gasteiger partial charge in [0.1, 0.15) is 0 Å². The Morgan fingerprint density at radius 2 is 2.27 bits per heavy atom. The van der Waals surface area contributed by atoms with Crippen molar-refractivity contribution >= 4 is 21.9 Å². The topological polar surface area (TPSA) is 52.1 Å². The Labute approximate surface area is 74.6 Å². The van der Waals surface area contributed by atoms with Crippen LogP contribution in [0.5, 0.6) is 0 Å². The Hall–Kier alpha value is -0.970. The number of nitrogens with zero attached hydrogens (tertiary/aromatic N) is 2. The molecule has 0 saturated heterocycles. The zero-order valence-corrected chi connectivity index (χ0v) is 7.17. The van der Waals surface area contributed by atoms with E-state index in [0.29, 0.717) is 0 Å². The largest absolute Gasteiger partial charge is 0.463 e. The van der Waals surface area contributed by atoms with Gasteiger partial charge in [0.05, 0.1) is 14.3 Å². The molecular weight excluding hydrogens is 212 g/mol. The smallest absolute Gasteiger partial charge is 0.376 e. The molecule has 58 valence electrons. The molecule has 1 rings (SSSR count). The number of carbonyl (C=O) groups is 1. The van der Waals surface area contributed by atoms with E-state index in [1.165, 1.54) is 7.11 Å². The first kappa shape index (κ1) is 5.65. The van der Waals surface area contributed by atoms with Crippen LogP contribution in [0.15, 0.2) is 16.8 Å². The maximum atomic E-state index is 10.9. The SMILES string of the molecule is [2H]c1nc(C(=O)OC)nc([2H])c1Br. The summed E-state index contributed by atoms with van der Waals surface area (Å²) in [6, 6.07) is 0. The molecule has 5 heteroatoms. The van der Waals surface area contributed by atoms with Crippen molar-refractivity contribution in [3.8, 4) is 0 Å². The third kappa shape index (κ3) is 1.98. The number of aromatic nitrogens is 2. The molecule has 0 unspecified atom stereocenters. The highest BCUT2D eigenvalue weighted by Gasteiger charge is 2.06. The Bertz CT molecular complexity index is 335. The van der Waals surface area contributed by atoms with E-state index in [1.807, 2.05) is 0 Å².